The number of carbonyl (C=O) groups excluding carboxylic acids is 2. The summed E-state index contributed by atoms with van der Waals surface area (Å²) in [5, 5.41) is 2.45. The molecule has 1 unspecified atom stereocenters. The summed E-state index contributed by atoms with van der Waals surface area (Å²) < 4.78 is 60.2. The van der Waals surface area contributed by atoms with Crippen molar-refractivity contribution in [3.63, 3.8) is 0 Å². The average Bonchev–Trinajstić information content (AvgIpc) is 3.22. The van der Waals surface area contributed by atoms with Gasteiger partial charge in [0.25, 0.3) is 0 Å². The predicted molar refractivity (Wildman–Crippen MR) is 141 cm³/mol. The van der Waals surface area contributed by atoms with E-state index in [1.54, 1.807) is 30.3 Å². The number of halogens is 4. The van der Waals surface area contributed by atoms with E-state index in [1.807, 2.05) is 12.1 Å². The maximum atomic E-state index is 13.9. The molecule has 1 fully saturated rings. The normalized spacial score (nSPS) is 18.0. The third-order valence-electron chi connectivity index (χ3n) is 7.72. The van der Waals surface area contributed by atoms with Gasteiger partial charge >= 0.3 is 12.3 Å². The van der Waals surface area contributed by atoms with Gasteiger partial charge in [0.15, 0.2) is 5.78 Å². The number of hydrogen-bond donors (Lipinski definition) is 1. The van der Waals surface area contributed by atoms with Gasteiger partial charge in [0.05, 0.1) is 5.56 Å². The van der Waals surface area contributed by atoms with Crippen molar-refractivity contribution in [3.05, 3.63) is 100 Å². The van der Waals surface area contributed by atoms with Gasteiger partial charge in [-0.25, -0.2) is 9.18 Å². The van der Waals surface area contributed by atoms with Gasteiger partial charge in [-0.3, -0.25) is 9.69 Å². The molecular weight excluding hydrogens is 524 g/mol. The third-order valence-corrected chi connectivity index (χ3v) is 7.72. The first-order chi connectivity index (χ1) is 19.2. The number of ketones is 1. The number of Topliss-reactive ketones (excluding diaryl/α,β-unsaturated/α-hetero) is 1. The van der Waals surface area contributed by atoms with E-state index < -0.39 is 29.5 Å². The van der Waals surface area contributed by atoms with Crippen LogP contribution in [0, 0.1) is 17.7 Å². The lowest BCUT2D eigenvalue weighted by Crippen LogP contribution is -2.34. The summed E-state index contributed by atoms with van der Waals surface area (Å²) in [7, 11) is 0. The summed E-state index contributed by atoms with van der Waals surface area (Å²) in [5.41, 5.74) is 1.13. The Morgan fingerprint density at radius 1 is 0.975 bits per heavy atom. The monoisotopic (exact) mass is 554 g/mol. The zero-order valence-corrected chi connectivity index (χ0v) is 21.8. The van der Waals surface area contributed by atoms with Crippen LogP contribution in [0.15, 0.2) is 66.7 Å². The summed E-state index contributed by atoms with van der Waals surface area (Å²) in [6, 6.07) is 17.5. The van der Waals surface area contributed by atoms with E-state index in [1.165, 1.54) is 12.1 Å². The van der Waals surface area contributed by atoms with Gasteiger partial charge in [0.1, 0.15) is 11.6 Å². The highest BCUT2D eigenvalue weighted by Crippen LogP contribution is 2.42. The second-order valence-electron chi connectivity index (χ2n) is 10.6. The third kappa shape index (κ3) is 6.70. The predicted octanol–water partition coefficient (Wildman–Crippen LogP) is 6.79. The van der Waals surface area contributed by atoms with Crippen molar-refractivity contribution < 1.29 is 31.9 Å². The molecule has 1 amide bonds. The van der Waals surface area contributed by atoms with Crippen molar-refractivity contribution in [1.82, 2.24) is 10.2 Å². The molecule has 3 aromatic carbocycles. The van der Waals surface area contributed by atoms with Crippen molar-refractivity contribution in [1.29, 1.82) is 0 Å². The zero-order chi connectivity index (χ0) is 28.3. The van der Waals surface area contributed by atoms with E-state index in [0.29, 0.717) is 18.5 Å². The van der Waals surface area contributed by atoms with Crippen LogP contribution >= 0.6 is 0 Å². The Morgan fingerprint density at radius 3 is 2.40 bits per heavy atom. The number of ether oxygens (including phenoxy) is 1. The van der Waals surface area contributed by atoms with Crippen LogP contribution in [-0.4, -0.2) is 29.9 Å². The molecule has 5 nitrogen and oxygen atoms in total. The quantitative estimate of drug-likeness (QED) is 0.327. The Bertz CT molecular complexity index is 1370. The first-order valence-electron chi connectivity index (χ1n) is 13.4. The number of nitrogens with one attached hydrogen (secondary N) is 1. The van der Waals surface area contributed by atoms with Crippen LogP contribution in [-0.2, 0) is 25.7 Å². The minimum atomic E-state index is -4.75. The number of benzene rings is 3. The van der Waals surface area contributed by atoms with E-state index in [4.69, 9.17) is 4.74 Å². The smallest absolute Gasteiger partial charge is 0.410 e. The van der Waals surface area contributed by atoms with Crippen molar-refractivity contribution in [2.45, 2.75) is 44.9 Å². The van der Waals surface area contributed by atoms with Crippen LogP contribution in [0.3, 0.4) is 0 Å². The summed E-state index contributed by atoms with van der Waals surface area (Å²) in [6.45, 7) is 2.36. The first-order valence-corrected chi connectivity index (χ1v) is 13.4. The second-order valence-corrected chi connectivity index (χ2v) is 10.6. The number of piperidine rings is 1. The van der Waals surface area contributed by atoms with E-state index in [9.17, 15) is 27.2 Å². The molecule has 40 heavy (non-hydrogen) atoms. The number of carbonyl (C=O) groups is 2. The first kappa shape index (κ1) is 27.8. The Labute approximate surface area is 230 Å². The SMILES string of the molecule is O=C(NCc1ccccc1)Oc1cc2c(cc1C(F)(F)F)CC(CC1CCN(Cc3cccc(F)c3)CC1)C2=O. The lowest BCUT2D eigenvalue weighted by molar-refractivity contribution is -0.138. The molecule has 1 saturated heterocycles. The van der Waals surface area contributed by atoms with Gasteiger partial charge in [-0.1, -0.05) is 42.5 Å². The fourth-order valence-electron chi connectivity index (χ4n) is 5.68. The minimum absolute atomic E-state index is 0.0913. The fourth-order valence-corrected chi connectivity index (χ4v) is 5.68. The highest BCUT2D eigenvalue weighted by atomic mass is 19.4. The molecule has 3 aromatic rings. The van der Waals surface area contributed by atoms with Crippen LogP contribution in [0.25, 0.3) is 0 Å². The Morgan fingerprint density at radius 2 is 1.70 bits per heavy atom. The van der Waals surface area contributed by atoms with Crippen molar-refractivity contribution in [3.8, 4) is 5.75 Å². The van der Waals surface area contributed by atoms with Crippen molar-refractivity contribution in [2.24, 2.45) is 11.8 Å². The molecule has 0 spiro atoms. The van der Waals surface area contributed by atoms with Crippen LogP contribution < -0.4 is 10.1 Å². The van der Waals surface area contributed by atoms with Gasteiger partial charge in [-0.05, 0) is 85.6 Å². The Balaban J connectivity index is 1.21. The highest BCUT2D eigenvalue weighted by molar-refractivity contribution is 6.02. The Kier molecular flexibility index (Phi) is 8.21. The summed E-state index contributed by atoms with van der Waals surface area (Å²) in [4.78, 5) is 27.8. The summed E-state index contributed by atoms with van der Waals surface area (Å²) in [6.07, 6.45) is -3.23. The van der Waals surface area contributed by atoms with Gasteiger partial charge in [0, 0.05) is 24.6 Å². The van der Waals surface area contributed by atoms with E-state index in [0.717, 1.165) is 49.2 Å². The molecular formula is C31H30F4N2O3. The molecule has 0 saturated carbocycles. The van der Waals surface area contributed by atoms with E-state index >= 15 is 0 Å². The minimum Gasteiger partial charge on any atom is -0.410 e. The average molecular weight is 555 g/mol. The van der Waals surface area contributed by atoms with Crippen LogP contribution in [0.5, 0.6) is 5.75 Å². The molecule has 2 aliphatic rings. The standard InChI is InChI=1S/C31H30F4N2O3/c32-25-8-4-7-22(14-25)19-37-11-9-20(10-12-37)13-24-15-23-16-27(31(33,34)35)28(17-26(23)29(24)38)40-30(39)36-18-21-5-2-1-3-6-21/h1-8,14,16-17,20,24H,9-13,15,18-19H2,(H,36,39). The topological polar surface area (TPSA) is 58.6 Å². The maximum absolute atomic E-state index is 13.9. The molecule has 5 rings (SSSR count). The van der Waals surface area contributed by atoms with Crippen LogP contribution in [0.1, 0.15) is 51.9 Å². The number of rotatable bonds is 7. The maximum Gasteiger partial charge on any atom is 0.419 e. The van der Waals surface area contributed by atoms with Gasteiger partial charge < -0.3 is 10.1 Å². The molecule has 1 heterocycles. The van der Waals surface area contributed by atoms with Gasteiger partial charge in [-0.2, -0.15) is 13.2 Å². The number of alkyl halides is 3. The van der Waals surface area contributed by atoms with Crippen molar-refractivity contribution >= 4 is 11.9 Å². The number of nitrogens with zero attached hydrogens (tertiary/aromatic N) is 1. The van der Waals surface area contributed by atoms with Crippen LogP contribution in [0.2, 0.25) is 0 Å². The molecule has 9 heteroatoms. The number of amides is 1. The zero-order valence-electron chi connectivity index (χ0n) is 21.8. The molecule has 1 aliphatic heterocycles. The van der Waals surface area contributed by atoms with Gasteiger partial charge in [0.2, 0.25) is 0 Å². The Hall–Kier alpha value is -3.72. The second kappa shape index (κ2) is 11.8. The molecule has 1 aliphatic carbocycles. The number of fused-ring (bicyclic) bond motifs is 1. The highest BCUT2D eigenvalue weighted by Gasteiger charge is 2.40. The van der Waals surface area contributed by atoms with E-state index in [2.05, 4.69) is 10.2 Å². The summed E-state index contributed by atoms with van der Waals surface area (Å²) in [5.74, 6) is -1.27. The fraction of sp³-hybridized carbons (Fsp3) is 0.355. The number of likely N-dealkylation sites (tertiary alicyclic amines) is 1. The molecule has 0 aromatic heterocycles. The molecule has 0 radical (unpaired) electrons. The lowest BCUT2D eigenvalue weighted by atomic mass is 9.85. The molecule has 1 atom stereocenters. The number of hydrogen-bond acceptors (Lipinski definition) is 4. The van der Waals surface area contributed by atoms with Gasteiger partial charge in [-0.15, -0.1) is 0 Å². The molecule has 210 valence electrons. The summed E-state index contributed by atoms with van der Waals surface area (Å²) >= 11 is 0. The van der Waals surface area contributed by atoms with Crippen LogP contribution in [0.4, 0.5) is 22.4 Å². The largest absolute Gasteiger partial charge is 0.419 e. The molecule has 1 N–H and O–H groups in total. The van der Waals surface area contributed by atoms with E-state index in [-0.39, 0.29) is 36.0 Å². The lowest BCUT2D eigenvalue weighted by Gasteiger charge is -2.33. The molecule has 0 bridgehead atoms. The van der Waals surface area contributed by atoms with Crippen molar-refractivity contribution in [2.75, 3.05) is 13.1 Å².